The van der Waals surface area contributed by atoms with Crippen molar-refractivity contribution in [3.8, 4) is 5.69 Å². The molecule has 2 aromatic carbocycles. The normalized spacial score (nSPS) is 11.7. The molecule has 0 saturated carbocycles. The summed E-state index contributed by atoms with van der Waals surface area (Å²) < 4.78 is 0. The number of aryl methyl sites for hydroxylation is 3. The number of rotatable bonds is 3. The number of hydrogen-bond donors (Lipinski definition) is 1. The van der Waals surface area contributed by atoms with Crippen molar-refractivity contribution in [3.63, 3.8) is 0 Å². The molecule has 3 rings (SSSR count). The molecule has 8 nitrogen and oxygen atoms in total. The minimum atomic E-state index is -0.665. The van der Waals surface area contributed by atoms with Gasteiger partial charge in [-0.3, -0.25) is 0 Å². The van der Waals surface area contributed by atoms with Crippen LogP contribution < -0.4 is 5.49 Å². The van der Waals surface area contributed by atoms with E-state index in [1.807, 2.05) is 39.0 Å². The molecule has 0 amide bonds. The van der Waals surface area contributed by atoms with E-state index < -0.39 is 10.7 Å². The van der Waals surface area contributed by atoms with Gasteiger partial charge >= 0.3 is 5.82 Å². The second kappa shape index (κ2) is 6.23. The predicted molar refractivity (Wildman–Crippen MR) is 91.3 cm³/mol. The zero-order valence-electron chi connectivity index (χ0n) is 14.0. The SMILES string of the molecule is Cc1cccc(-n2nc([N+](=O)[O-])c(=Nc3ccc(C)cc3C)n2O)c1. The molecule has 8 heteroatoms. The van der Waals surface area contributed by atoms with Crippen molar-refractivity contribution < 1.29 is 10.1 Å². The molecule has 0 aliphatic carbocycles. The lowest BCUT2D eigenvalue weighted by Gasteiger charge is -2.02. The van der Waals surface area contributed by atoms with E-state index in [0.717, 1.165) is 21.5 Å². The molecule has 128 valence electrons. The smallest absolute Gasteiger partial charge is 0.409 e. The van der Waals surface area contributed by atoms with E-state index in [0.29, 0.717) is 16.2 Å². The Kier molecular flexibility index (Phi) is 4.10. The van der Waals surface area contributed by atoms with E-state index in [-0.39, 0.29) is 5.49 Å². The van der Waals surface area contributed by atoms with E-state index >= 15 is 0 Å². The van der Waals surface area contributed by atoms with Crippen molar-refractivity contribution >= 4 is 11.5 Å². The topological polar surface area (TPSA) is 98.5 Å². The number of nitrogens with zero attached hydrogens (tertiary/aromatic N) is 5. The van der Waals surface area contributed by atoms with Gasteiger partial charge in [0.25, 0.3) is 5.49 Å². The highest BCUT2D eigenvalue weighted by Gasteiger charge is 2.24. The predicted octanol–water partition coefficient (Wildman–Crippen LogP) is 2.98. The maximum absolute atomic E-state index is 11.4. The van der Waals surface area contributed by atoms with Gasteiger partial charge in [-0.2, -0.15) is 0 Å². The summed E-state index contributed by atoms with van der Waals surface area (Å²) in [5, 5.41) is 25.7. The van der Waals surface area contributed by atoms with Crippen LogP contribution in [0.5, 0.6) is 0 Å². The van der Waals surface area contributed by atoms with Crippen molar-refractivity contribution in [1.82, 2.24) is 14.7 Å². The van der Waals surface area contributed by atoms with E-state index in [1.54, 1.807) is 24.3 Å². The van der Waals surface area contributed by atoms with Crippen LogP contribution in [0.1, 0.15) is 16.7 Å². The molecule has 0 aliphatic rings. The standard InChI is InChI=1S/C17H17N5O3/c1-11-5-4-6-14(10-11)20-19-17(22(24)25)16(21(20)23)18-15-8-7-12(2)9-13(15)3/h4-10,23H,1-3H3. The van der Waals surface area contributed by atoms with Crippen LogP contribution in [0.4, 0.5) is 11.5 Å². The van der Waals surface area contributed by atoms with E-state index in [9.17, 15) is 15.3 Å². The van der Waals surface area contributed by atoms with Crippen molar-refractivity contribution in [2.45, 2.75) is 20.8 Å². The van der Waals surface area contributed by atoms with Gasteiger partial charge in [0.05, 0.1) is 10.8 Å². The summed E-state index contributed by atoms with van der Waals surface area (Å²) >= 11 is 0. The molecular formula is C17H17N5O3. The first-order chi connectivity index (χ1) is 11.9. The van der Waals surface area contributed by atoms with Gasteiger partial charge in [-0.1, -0.05) is 34.7 Å². The fourth-order valence-electron chi connectivity index (χ4n) is 2.53. The average molecular weight is 339 g/mol. The van der Waals surface area contributed by atoms with Crippen LogP contribution in [-0.2, 0) is 0 Å². The Morgan fingerprint density at radius 1 is 1.12 bits per heavy atom. The summed E-state index contributed by atoms with van der Waals surface area (Å²) in [5.74, 6) is -0.524. The first-order valence-corrected chi connectivity index (χ1v) is 7.62. The molecule has 0 bridgehead atoms. The molecule has 0 atom stereocenters. The molecule has 0 radical (unpaired) electrons. The first kappa shape index (κ1) is 16.4. The molecule has 0 spiro atoms. The maximum Gasteiger partial charge on any atom is 0.438 e. The van der Waals surface area contributed by atoms with E-state index in [1.165, 1.54) is 0 Å². The third-order valence-electron chi connectivity index (χ3n) is 3.74. The quantitative estimate of drug-likeness (QED) is 0.450. The summed E-state index contributed by atoms with van der Waals surface area (Å²) in [5.41, 5.74) is 3.62. The lowest BCUT2D eigenvalue weighted by molar-refractivity contribution is -0.391. The first-order valence-electron chi connectivity index (χ1n) is 7.62. The average Bonchev–Trinajstić information content (AvgIpc) is 2.87. The highest BCUT2D eigenvalue weighted by atomic mass is 16.6. The van der Waals surface area contributed by atoms with E-state index in [2.05, 4.69) is 10.1 Å². The Labute approximate surface area is 143 Å². The van der Waals surface area contributed by atoms with Gasteiger partial charge < -0.3 is 15.3 Å². The van der Waals surface area contributed by atoms with Crippen LogP contribution in [-0.4, -0.2) is 24.9 Å². The van der Waals surface area contributed by atoms with Crippen LogP contribution in [0, 0.1) is 30.9 Å². The molecule has 3 aromatic rings. The minimum Gasteiger partial charge on any atom is -0.409 e. The highest BCUT2D eigenvalue weighted by molar-refractivity contribution is 5.47. The number of nitro groups is 1. The largest absolute Gasteiger partial charge is 0.438 e. The summed E-state index contributed by atoms with van der Waals surface area (Å²) in [6, 6.07) is 12.6. The van der Waals surface area contributed by atoms with Crippen LogP contribution in [0.15, 0.2) is 47.5 Å². The van der Waals surface area contributed by atoms with Gasteiger partial charge in [-0.25, -0.2) is 4.99 Å². The van der Waals surface area contributed by atoms with Gasteiger partial charge in [-0.15, -0.1) is 0 Å². The van der Waals surface area contributed by atoms with Crippen molar-refractivity contribution in [3.05, 3.63) is 74.8 Å². The molecule has 0 unspecified atom stereocenters. The van der Waals surface area contributed by atoms with Crippen LogP contribution in [0.25, 0.3) is 5.69 Å². The Balaban J connectivity index is 2.26. The Bertz CT molecular complexity index is 1030. The minimum absolute atomic E-state index is 0.238. The third-order valence-corrected chi connectivity index (χ3v) is 3.74. The molecule has 1 N–H and O–H groups in total. The Morgan fingerprint density at radius 3 is 2.48 bits per heavy atom. The second-order valence-electron chi connectivity index (χ2n) is 5.82. The van der Waals surface area contributed by atoms with E-state index in [4.69, 9.17) is 0 Å². The fraction of sp³-hybridized carbons (Fsp3) is 0.176. The van der Waals surface area contributed by atoms with Crippen molar-refractivity contribution in [1.29, 1.82) is 0 Å². The van der Waals surface area contributed by atoms with Crippen molar-refractivity contribution in [2.24, 2.45) is 4.99 Å². The highest BCUT2D eigenvalue weighted by Crippen LogP contribution is 2.19. The van der Waals surface area contributed by atoms with Gasteiger partial charge in [0.2, 0.25) is 0 Å². The molecular weight excluding hydrogens is 322 g/mol. The third kappa shape index (κ3) is 3.14. The van der Waals surface area contributed by atoms with Crippen LogP contribution in [0.3, 0.4) is 0 Å². The number of benzene rings is 2. The van der Waals surface area contributed by atoms with Crippen LogP contribution >= 0.6 is 0 Å². The van der Waals surface area contributed by atoms with Gasteiger partial charge in [0.1, 0.15) is 5.69 Å². The molecule has 25 heavy (non-hydrogen) atoms. The molecule has 0 fully saturated rings. The zero-order chi connectivity index (χ0) is 18.1. The zero-order valence-corrected chi connectivity index (χ0v) is 14.0. The number of hydrogen-bond acceptors (Lipinski definition) is 5. The summed E-state index contributed by atoms with van der Waals surface area (Å²) in [4.78, 5) is 16.6. The van der Waals surface area contributed by atoms with Gasteiger partial charge in [0.15, 0.2) is 0 Å². The van der Waals surface area contributed by atoms with Crippen LogP contribution in [0.2, 0.25) is 0 Å². The lowest BCUT2D eigenvalue weighted by Crippen LogP contribution is -2.22. The second-order valence-corrected chi connectivity index (χ2v) is 5.82. The molecule has 0 saturated heterocycles. The maximum atomic E-state index is 11.4. The number of aromatic nitrogens is 3. The summed E-state index contributed by atoms with van der Waals surface area (Å²) in [6.45, 7) is 5.68. The van der Waals surface area contributed by atoms with Gasteiger partial charge in [0, 0.05) is 0 Å². The van der Waals surface area contributed by atoms with Crippen molar-refractivity contribution in [2.75, 3.05) is 0 Å². The molecule has 1 aromatic heterocycles. The summed E-state index contributed by atoms with van der Waals surface area (Å²) in [6.07, 6.45) is 0. The Morgan fingerprint density at radius 2 is 1.84 bits per heavy atom. The Hall–Kier alpha value is -3.42. The molecule has 1 heterocycles. The lowest BCUT2D eigenvalue weighted by atomic mass is 10.1. The monoisotopic (exact) mass is 339 g/mol. The summed E-state index contributed by atoms with van der Waals surface area (Å²) in [7, 11) is 0. The van der Waals surface area contributed by atoms with Gasteiger partial charge in [-0.05, 0) is 59.8 Å². The fourth-order valence-corrected chi connectivity index (χ4v) is 2.53. The molecule has 0 aliphatic heterocycles.